The number of hydrogen-bond donors (Lipinski definition) is 1. The maximum Gasteiger partial charge on any atom is 0.193 e. The van der Waals surface area contributed by atoms with E-state index in [1.807, 2.05) is 25.2 Å². The van der Waals surface area contributed by atoms with Gasteiger partial charge in [-0.1, -0.05) is 42.5 Å². The molecule has 2 unspecified atom stereocenters. The van der Waals surface area contributed by atoms with E-state index in [1.54, 1.807) is 7.05 Å². The molecule has 0 bridgehead atoms. The zero-order valence-electron chi connectivity index (χ0n) is 13.5. The first kappa shape index (κ1) is 15.5. The van der Waals surface area contributed by atoms with Crippen molar-refractivity contribution in [3.8, 4) is 0 Å². The molecule has 0 heterocycles. The monoisotopic (exact) mass is 311 g/mol. The number of benzene rings is 2. The lowest BCUT2D eigenvalue weighted by molar-refractivity contribution is 0.475. The van der Waals surface area contributed by atoms with Gasteiger partial charge in [0.15, 0.2) is 5.96 Å². The second-order valence-electron chi connectivity index (χ2n) is 6.03. The van der Waals surface area contributed by atoms with E-state index >= 15 is 0 Å². The Morgan fingerprint density at radius 3 is 2.52 bits per heavy atom. The SMILES string of the molecule is CN=C(NC1CC1c1ccccc1)N(C)Cc1ccc(F)cc1. The third-order valence-electron chi connectivity index (χ3n) is 4.24. The molecule has 1 N–H and O–H groups in total. The Hall–Kier alpha value is -2.36. The van der Waals surface area contributed by atoms with Gasteiger partial charge in [0, 0.05) is 32.6 Å². The van der Waals surface area contributed by atoms with Gasteiger partial charge in [0.25, 0.3) is 0 Å². The fourth-order valence-corrected chi connectivity index (χ4v) is 2.87. The standard InChI is InChI=1S/C19H22FN3/c1-21-19(23(2)13-14-8-10-16(20)11-9-14)22-18-12-17(18)15-6-4-3-5-7-15/h3-11,17-18H,12-13H2,1-2H3,(H,21,22). The summed E-state index contributed by atoms with van der Waals surface area (Å²) in [5.74, 6) is 1.23. The van der Waals surface area contributed by atoms with Crippen LogP contribution in [0.4, 0.5) is 4.39 Å². The van der Waals surface area contributed by atoms with Crippen molar-refractivity contribution in [2.24, 2.45) is 4.99 Å². The van der Waals surface area contributed by atoms with E-state index < -0.39 is 0 Å². The Labute approximate surface area is 136 Å². The molecule has 0 spiro atoms. The van der Waals surface area contributed by atoms with Crippen molar-refractivity contribution in [3.63, 3.8) is 0 Å². The molecule has 2 aromatic carbocycles. The van der Waals surface area contributed by atoms with Crippen molar-refractivity contribution in [1.82, 2.24) is 10.2 Å². The molecule has 0 aromatic heterocycles. The molecule has 0 saturated heterocycles. The van der Waals surface area contributed by atoms with Crippen LogP contribution in [0.1, 0.15) is 23.5 Å². The van der Waals surface area contributed by atoms with Crippen molar-refractivity contribution in [2.45, 2.75) is 24.9 Å². The number of nitrogens with zero attached hydrogens (tertiary/aromatic N) is 2. The molecule has 4 heteroatoms. The highest BCUT2D eigenvalue weighted by molar-refractivity contribution is 5.80. The smallest absolute Gasteiger partial charge is 0.193 e. The summed E-state index contributed by atoms with van der Waals surface area (Å²) in [6.07, 6.45) is 1.13. The maximum absolute atomic E-state index is 13.0. The minimum absolute atomic E-state index is 0.206. The molecule has 2 aromatic rings. The summed E-state index contributed by atoms with van der Waals surface area (Å²) in [5, 5.41) is 3.52. The first-order chi connectivity index (χ1) is 11.2. The normalized spacial score (nSPS) is 20.2. The van der Waals surface area contributed by atoms with Crippen LogP contribution < -0.4 is 5.32 Å². The highest BCUT2D eigenvalue weighted by Crippen LogP contribution is 2.40. The molecule has 0 amide bonds. The molecule has 1 fully saturated rings. The molecule has 1 aliphatic carbocycles. The van der Waals surface area contributed by atoms with Gasteiger partial charge in [-0.05, 0) is 29.7 Å². The number of nitrogens with one attached hydrogen (secondary N) is 1. The molecule has 2 atom stereocenters. The van der Waals surface area contributed by atoms with E-state index in [-0.39, 0.29) is 5.82 Å². The summed E-state index contributed by atoms with van der Waals surface area (Å²) in [6, 6.07) is 17.6. The van der Waals surface area contributed by atoms with Crippen LogP contribution in [0.3, 0.4) is 0 Å². The van der Waals surface area contributed by atoms with Crippen molar-refractivity contribution >= 4 is 5.96 Å². The van der Waals surface area contributed by atoms with Gasteiger partial charge < -0.3 is 10.2 Å². The lowest BCUT2D eigenvalue weighted by Crippen LogP contribution is -2.40. The van der Waals surface area contributed by atoms with Gasteiger partial charge in [-0.3, -0.25) is 4.99 Å². The Kier molecular flexibility index (Phi) is 4.60. The van der Waals surface area contributed by atoms with Gasteiger partial charge in [-0.15, -0.1) is 0 Å². The Morgan fingerprint density at radius 1 is 1.17 bits per heavy atom. The van der Waals surface area contributed by atoms with E-state index in [1.165, 1.54) is 17.7 Å². The van der Waals surface area contributed by atoms with E-state index in [0.29, 0.717) is 18.5 Å². The summed E-state index contributed by atoms with van der Waals surface area (Å²) in [7, 11) is 3.79. The molecule has 1 aliphatic rings. The predicted molar refractivity (Wildman–Crippen MR) is 91.9 cm³/mol. The van der Waals surface area contributed by atoms with E-state index in [0.717, 1.165) is 17.9 Å². The summed E-state index contributed by atoms with van der Waals surface area (Å²) >= 11 is 0. The number of hydrogen-bond acceptors (Lipinski definition) is 1. The van der Waals surface area contributed by atoms with Gasteiger partial charge >= 0.3 is 0 Å². The van der Waals surface area contributed by atoms with Gasteiger partial charge in [-0.2, -0.15) is 0 Å². The molecule has 0 aliphatic heterocycles. The topological polar surface area (TPSA) is 27.6 Å². The van der Waals surface area contributed by atoms with Crippen LogP contribution in [-0.2, 0) is 6.54 Å². The first-order valence-electron chi connectivity index (χ1n) is 7.91. The Bertz CT molecular complexity index is 667. The summed E-state index contributed by atoms with van der Waals surface area (Å²) < 4.78 is 13.0. The van der Waals surface area contributed by atoms with E-state index in [4.69, 9.17) is 0 Å². The molecule has 120 valence electrons. The zero-order chi connectivity index (χ0) is 16.2. The number of guanidine groups is 1. The van der Waals surface area contributed by atoms with Gasteiger partial charge in [0.1, 0.15) is 5.82 Å². The summed E-state index contributed by atoms with van der Waals surface area (Å²) in [5.41, 5.74) is 2.44. The number of halogens is 1. The molecule has 3 rings (SSSR count). The van der Waals surface area contributed by atoms with Crippen LogP contribution >= 0.6 is 0 Å². The molecule has 1 saturated carbocycles. The molecular formula is C19H22FN3. The first-order valence-corrected chi connectivity index (χ1v) is 7.91. The summed E-state index contributed by atoms with van der Waals surface area (Å²) in [4.78, 5) is 6.43. The molecule has 3 nitrogen and oxygen atoms in total. The second kappa shape index (κ2) is 6.82. The van der Waals surface area contributed by atoms with Crippen molar-refractivity contribution in [2.75, 3.05) is 14.1 Å². The minimum Gasteiger partial charge on any atom is -0.353 e. The molecule has 23 heavy (non-hydrogen) atoms. The average Bonchev–Trinajstić information content (AvgIpc) is 3.35. The average molecular weight is 311 g/mol. The highest BCUT2D eigenvalue weighted by atomic mass is 19.1. The van der Waals surface area contributed by atoms with Crippen LogP contribution in [-0.4, -0.2) is 31.0 Å². The molecule has 0 radical (unpaired) electrons. The second-order valence-corrected chi connectivity index (χ2v) is 6.03. The fraction of sp³-hybridized carbons (Fsp3) is 0.316. The lowest BCUT2D eigenvalue weighted by atomic mass is 10.1. The highest BCUT2D eigenvalue weighted by Gasteiger charge is 2.39. The maximum atomic E-state index is 13.0. The number of aliphatic imine (C=N–C) groups is 1. The Morgan fingerprint density at radius 2 is 1.87 bits per heavy atom. The van der Waals surface area contributed by atoms with E-state index in [2.05, 4.69) is 39.5 Å². The molecular weight excluding hydrogens is 289 g/mol. The Balaban J connectivity index is 1.57. The number of rotatable bonds is 4. The van der Waals surface area contributed by atoms with Gasteiger partial charge in [0.05, 0.1) is 0 Å². The van der Waals surface area contributed by atoms with Gasteiger partial charge in [-0.25, -0.2) is 4.39 Å². The van der Waals surface area contributed by atoms with Crippen LogP contribution in [0.15, 0.2) is 59.6 Å². The summed E-state index contributed by atoms with van der Waals surface area (Å²) in [6.45, 7) is 0.697. The van der Waals surface area contributed by atoms with Gasteiger partial charge in [0.2, 0.25) is 0 Å². The quantitative estimate of drug-likeness (QED) is 0.692. The van der Waals surface area contributed by atoms with Crippen LogP contribution in [0, 0.1) is 5.82 Å². The predicted octanol–water partition coefficient (Wildman–Crippen LogP) is 3.39. The van der Waals surface area contributed by atoms with Crippen LogP contribution in [0.2, 0.25) is 0 Å². The fourth-order valence-electron chi connectivity index (χ4n) is 2.87. The van der Waals surface area contributed by atoms with Crippen LogP contribution in [0.5, 0.6) is 0 Å². The third-order valence-corrected chi connectivity index (χ3v) is 4.24. The van der Waals surface area contributed by atoms with E-state index in [9.17, 15) is 4.39 Å². The van der Waals surface area contributed by atoms with Crippen LogP contribution in [0.25, 0.3) is 0 Å². The van der Waals surface area contributed by atoms with Crippen molar-refractivity contribution in [3.05, 3.63) is 71.5 Å². The largest absolute Gasteiger partial charge is 0.353 e. The third kappa shape index (κ3) is 3.89. The lowest BCUT2D eigenvalue weighted by Gasteiger charge is -2.22. The van der Waals surface area contributed by atoms with Crippen molar-refractivity contribution in [1.29, 1.82) is 0 Å². The zero-order valence-corrected chi connectivity index (χ0v) is 13.5. The minimum atomic E-state index is -0.206. The van der Waals surface area contributed by atoms with Crippen molar-refractivity contribution < 1.29 is 4.39 Å².